The van der Waals surface area contributed by atoms with Gasteiger partial charge >= 0.3 is 0 Å². The predicted octanol–water partition coefficient (Wildman–Crippen LogP) is 2.89. The zero-order valence-electron chi connectivity index (χ0n) is 11.2. The van der Waals surface area contributed by atoms with Crippen LogP contribution in [0.25, 0.3) is 0 Å². The Hall–Kier alpha value is -0.553. The maximum atomic E-state index is 11.6. The lowest BCUT2D eigenvalue weighted by Gasteiger charge is -2.50. The first-order chi connectivity index (χ1) is 7.82. The Labute approximate surface area is 104 Å². The molecule has 0 aromatic rings. The van der Waals surface area contributed by atoms with Crippen LogP contribution in [-0.4, -0.2) is 25.2 Å². The highest BCUT2D eigenvalue weighted by atomic mass is 28.4. The lowest BCUT2D eigenvalue weighted by Crippen LogP contribution is -2.57. The van der Waals surface area contributed by atoms with Crippen LogP contribution in [0.5, 0.6) is 0 Å². The van der Waals surface area contributed by atoms with Crippen molar-refractivity contribution in [3.63, 3.8) is 0 Å². The van der Waals surface area contributed by atoms with E-state index >= 15 is 0 Å². The van der Waals surface area contributed by atoms with Gasteiger partial charge in [0.1, 0.15) is 0 Å². The molecule has 0 amide bonds. The number of nitrogens with zero attached hydrogens (tertiary/aromatic N) is 1. The molecule has 1 aliphatic carbocycles. The minimum absolute atomic E-state index is 0.234. The third-order valence-corrected chi connectivity index (χ3v) is 4.53. The summed E-state index contributed by atoms with van der Waals surface area (Å²) >= 11 is 0. The van der Waals surface area contributed by atoms with Crippen LogP contribution in [0.3, 0.4) is 0 Å². The normalized spacial score (nSPS) is 38.0. The SMILES string of the molecule is CC1C=[N+]([O-])OC2(O[Si](C)(C)C)CCCCC12. The van der Waals surface area contributed by atoms with Crippen molar-refractivity contribution in [1.82, 2.24) is 0 Å². The monoisotopic (exact) mass is 257 g/mol. The Bertz CT molecular complexity index is 326. The van der Waals surface area contributed by atoms with E-state index in [1.54, 1.807) is 6.21 Å². The van der Waals surface area contributed by atoms with Gasteiger partial charge in [-0.05, 0) is 38.9 Å². The highest BCUT2D eigenvalue weighted by Crippen LogP contribution is 2.44. The van der Waals surface area contributed by atoms with Crippen molar-refractivity contribution < 1.29 is 14.2 Å². The van der Waals surface area contributed by atoms with E-state index in [2.05, 4.69) is 26.6 Å². The van der Waals surface area contributed by atoms with E-state index in [1.807, 2.05) is 0 Å². The molecule has 1 aliphatic heterocycles. The number of hydrogen-bond donors (Lipinski definition) is 0. The molecule has 98 valence electrons. The van der Waals surface area contributed by atoms with E-state index in [0.29, 0.717) is 10.8 Å². The molecule has 0 radical (unpaired) electrons. The van der Waals surface area contributed by atoms with Crippen LogP contribution in [0.1, 0.15) is 32.6 Å². The Kier molecular flexibility index (Phi) is 3.25. The van der Waals surface area contributed by atoms with Gasteiger partial charge in [0.2, 0.25) is 6.21 Å². The summed E-state index contributed by atoms with van der Waals surface area (Å²) in [7, 11) is -1.73. The van der Waals surface area contributed by atoms with E-state index in [-0.39, 0.29) is 5.92 Å². The third kappa shape index (κ3) is 2.65. The minimum Gasteiger partial charge on any atom is -0.398 e. The second kappa shape index (κ2) is 4.28. The molecule has 4 nitrogen and oxygen atoms in total. The van der Waals surface area contributed by atoms with Crippen molar-refractivity contribution in [3.05, 3.63) is 5.21 Å². The number of rotatable bonds is 2. The Morgan fingerprint density at radius 2 is 2.12 bits per heavy atom. The maximum Gasteiger partial charge on any atom is 0.213 e. The molecule has 1 saturated carbocycles. The fourth-order valence-electron chi connectivity index (χ4n) is 3.06. The summed E-state index contributed by atoms with van der Waals surface area (Å²) in [4.78, 5) is 6.18. The first kappa shape index (κ1) is 12.9. The molecule has 3 unspecified atom stereocenters. The van der Waals surface area contributed by atoms with Gasteiger partial charge in [-0.1, -0.05) is 13.3 Å². The van der Waals surface area contributed by atoms with E-state index in [4.69, 9.17) is 9.26 Å². The van der Waals surface area contributed by atoms with E-state index in [0.717, 1.165) is 19.3 Å². The van der Waals surface area contributed by atoms with E-state index < -0.39 is 14.1 Å². The van der Waals surface area contributed by atoms with Crippen molar-refractivity contribution in [2.24, 2.45) is 11.8 Å². The summed E-state index contributed by atoms with van der Waals surface area (Å²) in [6.07, 6.45) is 5.86. The average Bonchev–Trinajstić information content (AvgIpc) is 2.13. The van der Waals surface area contributed by atoms with Gasteiger partial charge in [0.15, 0.2) is 14.1 Å². The summed E-state index contributed by atoms with van der Waals surface area (Å²) in [6.45, 7) is 8.53. The Morgan fingerprint density at radius 3 is 2.76 bits per heavy atom. The molecule has 2 aliphatic rings. The van der Waals surface area contributed by atoms with Crippen LogP contribution in [0.15, 0.2) is 0 Å². The molecule has 0 saturated heterocycles. The molecule has 0 spiro atoms. The summed E-state index contributed by atoms with van der Waals surface area (Å²) in [6, 6.07) is 0. The van der Waals surface area contributed by atoms with Crippen LogP contribution < -0.4 is 0 Å². The molecular formula is C12H23NO3Si. The van der Waals surface area contributed by atoms with Crippen LogP contribution >= 0.6 is 0 Å². The van der Waals surface area contributed by atoms with Crippen LogP contribution in [0.4, 0.5) is 0 Å². The van der Waals surface area contributed by atoms with Crippen LogP contribution in [-0.2, 0) is 9.26 Å². The van der Waals surface area contributed by atoms with Crippen molar-refractivity contribution in [1.29, 1.82) is 0 Å². The zero-order chi connectivity index (χ0) is 12.7. The van der Waals surface area contributed by atoms with Crippen molar-refractivity contribution in [2.45, 2.75) is 58.0 Å². The molecule has 0 bridgehead atoms. The predicted molar refractivity (Wildman–Crippen MR) is 69.1 cm³/mol. The highest BCUT2D eigenvalue weighted by Gasteiger charge is 2.50. The van der Waals surface area contributed by atoms with Gasteiger partial charge in [0.05, 0.1) is 0 Å². The molecule has 0 N–H and O–H groups in total. The fraction of sp³-hybridized carbons (Fsp3) is 0.917. The first-order valence-electron chi connectivity index (χ1n) is 6.53. The standard InChI is InChI=1S/C12H23NO3Si/c1-10-9-13(14)15-12(16-17(2,3)4)8-6-5-7-11(10)12/h9-11H,5-8H2,1-4H3. The van der Waals surface area contributed by atoms with Crippen molar-refractivity contribution >= 4 is 14.5 Å². The van der Waals surface area contributed by atoms with E-state index in [1.165, 1.54) is 6.42 Å². The van der Waals surface area contributed by atoms with Crippen LogP contribution in [0.2, 0.25) is 19.6 Å². The first-order valence-corrected chi connectivity index (χ1v) is 9.94. The number of hydrogen-bond acceptors (Lipinski definition) is 3. The maximum absolute atomic E-state index is 11.6. The van der Waals surface area contributed by atoms with Crippen molar-refractivity contribution in [3.8, 4) is 0 Å². The molecule has 1 fully saturated rings. The smallest absolute Gasteiger partial charge is 0.213 e. The van der Waals surface area contributed by atoms with Gasteiger partial charge in [0, 0.05) is 16.7 Å². The summed E-state index contributed by atoms with van der Waals surface area (Å²) in [5.74, 6) is -0.0929. The molecule has 3 atom stereocenters. The summed E-state index contributed by atoms with van der Waals surface area (Å²) in [5.41, 5.74) is 0. The largest absolute Gasteiger partial charge is 0.398 e. The van der Waals surface area contributed by atoms with Gasteiger partial charge in [-0.15, -0.1) is 0 Å². The van der Waals surface area contributed by atoms with Gasteiger partial charge in [-0.3, -0.25) is 5.21 Å². The zero-order valence-corrected chi connectivity index (χ0v) is 12.2. The molecular weight excluding hydrogens is 234 g/mol. The van der Waals surface area contributed by atoms with E-state index in [9.17, 15) is 5.21 Å². The highest BCUT2D eigenvalue weighted by molar-refractivity contribution is 6.69. The number of fused-ring (bicyclic) bond motifs is 1. The summed E-state index contributed by atoms with van der Waals surface area (Å²) < 4.78 is 6.27. The third-order valence-electron chi connectivity index (χ3n) is 3.57. The summed E-state index contributed by atoms with van der Waals surface area (Å²) in [5, 5.41) is 11.6. The Balaban J connectivity index is 2.29. The quantitative estimate of drug-likeness (QED) is 0.564. The molecule has 2 rings (SSSR count). The molecule has 0 aromatic heterocycles. The van der Waals surface area contributed by atoms with Crippen molar-refractivity contribution in [2.75, 3.05) is 0 Å². The van der Waals surface area contributed by atoms with Gasteiger partial charge in [-0.2, -0.15) is 0 Å². The Morgan fingerprint density at radius 1 is 1.41 bits per heavy atom. The van der Waals surface area contributed by atoms with Gasteiger partial charge in [-0.25, -0.2) is 0 Å². The fourth-order valence-corrected chi connectivity index (χ4v) is 4.39. The second-order valence-corrected chi connectivity index (χ2v) is 10.7. The topological polar surface area (TPSA) is 44.5 Å². The van der Waals surface area contributed by atoms with Gasteiger partial charge < -0.3 is 9.26 Å². The molecule has 0 aromatic carbocycles. The second-order valence-electron chi connectivity index (χ2n) is 6.26. The van der Waals surface area contributed by atoms with Gasteiger partial charge in [0.25, 0.3) is 0 Å². The molecule has 5 heteroatoms. The average molecular weight is 257 g/mol. The lowest BCUT2D eigenvalue weighted by atomic mass is 9.76. The molecule has 17 heavy (non-hydrogen) atoms. The van der Waals surface area contributed by atoms with Crippen LogP contribution in [0, 0.1) is 17.0 Å². The lowest BCUT2D eigenvalue weighted by molar-refractivity contribution is -0.789. The minimum atomic E-state index is -1.73. The molecule has 1 heterocycles.